The topological polar surface area (TPSA) is 91.1 Å². The maximum Gasteiger partial charge on any atom is 0.253 e. The number of nitrogen functional groups attached to an aromatic ring is 1. The summed E-state index contributed by atoms with van der Waals surface area (Å²) in [5.41, 5.74) is 7.79. The molecule has 0 spiro atoms. The Kier molecular flexibility index (Phi) is 3.53. The number of aromatic nitrogens is 1. The summed E-state index contributed by atoms with van der Waals surface area (Å²) in [6, 6.07) is 5.40. The molecule has 0 saturated carbocycles. The van der Waals surface area contributed by atoms with Crippen LogP contribution in [-0.4, -0.2) is 28.6 Å². The number of nitrogens with one attached hydrogen (secondary N) is 2. The van der Waals surface area contributed by atoms with E-state index in [9.17, 15) is 4.79 Å². The third kappa shape index (κ3) is 2.62. The lowest BCUT2D eigenvalue weighted by molar-refractivity contribution is 0.0947. The maximum atomic E-state index is 12.0. The molecule has 1 atom stereocenters. The Morgan fingerprint density at radius 2 is 2.33 bits per heavy atom. The summed E-state index contributed by atoms with van der Waals surface area (Å²) in [5.74, 6) is -0.160. The van der Waals surface area contributed by atoms with Crippen LogP contribution in [0.2, 0.25) is 0 Å². The Bertz CT molecular complexity index is 560. The fraction of sp³-hybridized carbons (Fsp3) is 0.308. The van der Waals surface area contributed by atoms with Crippen LogP contribution in [0.5, 0.6) is 0 Å². The van der Waals surface area contributed by atoms with E-state index < -0.39 is 6.10 Å². The molecule has 5 nitrogen and oxygen atoms in total. The third-order valence-corrected chi connectivity index (χ3v) is 2.80. The number of carbonyl (C=O) groups is 1. The lowest BCUT2D eigenvalue weighted by atomic mass is 10.1. The molecule has 5 heteroatoms. The van der Waals surface area contributed by atoms with Gasteiger partial charge in [-0.2, -0.15) is 0 Å². The zero-order valence-corrected chi connectivity index (χ0v) is 10.2. The lowest BCUT2D eigenvalue weighted by Gasteiger charge is -2.06. The van der Waals surface area contributed by atoms with Crippen LogP contribution in [0.1, 0.15) is 23.7 Å². The Morgan fingerprint density at radius 3 is 3.06 bits per heavy atom. The predicted octanol–water partition coefficient (Wildman–Crippen LogP) is 1.25. The monoisotopic (exact) mass is 247 g/mol. The average molecular weight is 247 g/mol. The number of aromatic amines is 1. The summed E-state index contributed by atoms with van der Waals surface area (Å²) in [7, 11) is 0. The van der Waals surface area contributed by atoms with Crippen molar-refractivity contribution in [2.75, 3.05) is 12.3 Å². The van der Waals surface area contributed by atoms with Crippen LogP contribution in [0, 0.1) is 0 Å². The number of carbonyl (C=O) groups excluding carboxylic acids is 1. The molecule has 96 valence electrons. The molecule has 2 rings (SSSR count). The molecular weight excluding hydrogens is 230 g/mol. The molecule has 1 aromatic carbocycles. The largest absolute Gasteiger partial charge is 0.399 e. The number of rotatable bonds is 4. The van der Waals surface area contributed by atoms with Crippen LogP contribution < -0.4 is 11.1 Å². The first-order valence-electron chi connectivity index (χ1n) is 5.91. The Labute approximate surface area is 105 Å². The molecule has 1 amide bonds. The SMILES string of the molecule is CC(O)CCNC(=O)c1c[nH]c2ccc(N)cc12. The zero-order chi connectivity index (χ0) is 13.1. The highest BCUT2D eigenvalue weighted by atomic mass is 16.3. The van der Waals surface area contributed by atoms with Gasteiger partial charge in [0.1, 0.15) is 0 Å². The second-order valence-corrected chi connectivity index (χ2v) is 4.40. The molecule has 0 aliphatic rings. The fourth-order valence-electron chi connectivity index (χ4n) is 1.82. The highest BCUT2D eigenvalue weighted by Gasteiger charge is 2.11. The van der Waals surface area contributed by atoms with E-state index in [0.29, 0.717) is 24.2 Å². The van der Waals surface area contributed by atoms with Crippen LogP contribution >= 0.6 is 0 Å². The van der Waals surface area contributed by atoms with E-state index in [1.807, 2.05) is 6.07 Å². The van der Waals surface area contributed by atoms with E-state index in [0.717, 1.165) is 10.9 Å². The number of amides is 1. The number of aliphatic hydroxyl groups excluding tert-OH is 1. The summed E-state index contributed by atoms with van der Waals surface area (Å²) in [4.78, 5) is 15.0. The molecule has 1 aromatic heterocycles. The minimum Gasteiger partial charge on any atom is -0.399 e. The van der Waals surface area contributed by atoms with Crippen molar-refractivity contribution in [3.05, 3.63) is 30.0 Å². The standard InChI is InChI=1S/C13H17N3O2/c1-8(17)4-5-15-13(18)11-7-16-12-3-2-9(14)6-10(11)12/h2-3,6-8,16-17H,4-5,14H2,1H3,(H,15,18). The van der Waals surface area contributed by atoms with Crippen LogP contribution in [0.25, 0.3) is 10.9 Å². The molecule has 2 aromatic rings. The quantitative estimate of drug-likeness (QED) is 0.613. The highest BCUT2D eigenvalue weighted by Crippen LogP contribution is 2.20. The second-order valence-electron chi connectivity index (χ2n) is 4.40. The maximum absolute atomic E-state index is 12.0. The van der Waals surface area contributed by atoms with Crippen molar-refractivity contribution < 1.29 is 9.90 Å². The van der Waals surface area contributed by atoms with Gasteiger partial charge in [0.15, 0.2) is 0 Å². The Hall–Kier alpha value is -2.01. The number of nitrogens with two attached hydrogens (primary N) is 1. The molecule has 18 heavy (non-hydrogen) atoms. The van der Waals surface area contributed by atoms with Gasteiger partial charge < -0.3 is 21.1 Å². The number of benzene rings is 1. The molecule has 1 heterocycles. The number of anilines is 1. The number of aliphatic hydroxyl groups is 1. The summed E-state index contributed by atoms with van der Waals surface area (Å²) in [6.07, 6.45) is 1.79. The summed E-state index contributed by atoms with van der Waals surface area (Å²) in [6.45, 7) is 2.14. The molecule has 1 unspecified atom stereocenters. The van der Waals surface area contributed by atoms with E-state index in [2.05, 4.69) is 10.3 Å². The lowest BCUT2D eigenvalue weighted by Crippen LogP contribution is -2.26. The van der Waals surface area contributed by atoms with Gasteiger partial charge in [0.05, 0.1) is 11.7 Å². The van der Waals surface area contributed by atoms with Gasteiger partial charge in [0.25, 0.3) is 5.91 Å². The number of hydrogen-bond donors (Lipinski definition) is 4. The molecular formula is C13H17N3O2. The van der Waals surface area contributed by atoms with Gasteiger partial charge in [-0.3, -0.25) is 4.79 Å². The van der Waals surface area contributed by atoms with Crippen molar-refractivity contribution >= 4 is 22.5 Å². The molecule has 5 N–H and O–H groups in total. The van der Waals surface area contributed by atoms with E-state index in [-0.39, 0.29) is 5.91 Å². The number of fused-ring (bicyclic) bond motifs is 1. The van der Waals surface area contributed by atoms with Crippen LogP contribution in [-0.2, 0) is 0 Å². The third-order valence-electron chi connectivity index (χ3n) is 2.80. The van der Waals surface area contributed by atoms with Gasteiger partial charge >= 0.3 is 0 Å². The zero-order valence-electron chi connectivity index (χ0n) is 10.2. The molecule has 0 bridgehead atoms. The normalized spacial score (nSPS) is 12.6. The van der Waals surface area contributed by atoms with Crippen molar-refractivity contribution in [1.29, 1.82) is 0 Å². The second kappa shape index (κ2) is 5.10. The van der Waals surface area contributed by atoms with Crippen molar-refractivity contribution in [3.63, 3.8) is 0 Å². The fourth-order valence-corrected chi connectivity index (χ4v) is 1.82. The summed E-state index contributed by atoms with van der Waals surface area (Å²) >= 11 is 0. The van der Waals surface area contributed by atoms with Crippen molar-refractivity contribution in [2.45, 2.75) is 19.4 Å². The smallest absolute Gasteiger partial charge is 0.253 e. The highest BCUT2D eigenvalue weighted by molar-refractivity contribution is 6.07. The first kappa shape index (κ1) is 12.4. The molecule has 0 aliphatic carbocycles. The van der Waals surface area contributed by atoms with E-state index in [1.165, 1.54) is 0 Å². The minimum atomic E-state index is -0.413. The van der Waals surface area contributed by atoms with Crippen LogP contribution in [0.15, 0.2) is 24.4 Å². The minimum absolute atomic E-state index is 0.160. The van der Waals surface area contributed by atoms with Crippen molar-refractivity contribution in [3.8, 4) is 0 Å². The summed E-state index contributed by atoms with van der Waals surface area (Å²) < 4.78 is 0. The van der Waals surface area contributed by atoms with Crippen LogP contribution in [0.4, 0.5) is 5.69 Å². The molecule has 0 fully saturated rings. The first-order valence-corrected chi connectivity index (χ1v) is 5.91. The van der Waals surface area contributed by atoms with Gasteiger partial charge in [0, 0.05) is 29.3 Å². The van der Waals surface area contributed by atoms with Gasteiger partial charge in [-0.1, -0.05) is 0 Å². The predicted molar refractivity (Wildman–Crippen MR) is 71.3 cm³/mol. The van der Waals surface area contributed by atoms with Crippen molar-refractivity contribution in [2.24, 2.45) is 0 Å². The van der Waals surface area contributed by atoms with Gasteiger partial charge in [-0.15, -0.1) is 0 Å². The number of H-pyrrole nitrogens is 1. The van der Waals surface area contributed by atoms with Crippen molar-refractivity contribution in [1.82, 2.24) is 10.3 Å². The Morgan fingerprint density at radius 1 is 1.56 bits per heavy atom. The average Bonchev–Trinajstić information content (AvgIpc) is 2.71. The first-order chi connectivity index (χ1) is 8.58. The van der Waals surface area contributed by atoms with Crippen LogP contribution in [0.3, 0.4) is 0 Å². The molecule has 0 radical (unpaired) electrons. The van der Waals surface area contributed by atoms with E-state index in [1.54, 1.807) is 25.3 Å². The van der Waals surface area contributed by atoms with E-state index in [4.69, 9.17) is 10.8 Å². The molecule has 0 saturated heterocycles. The summed E-state index contributed by atoms with van der Waals surface area (Å²) in [5, 5.41) is 12.7. The van der Waals surface area contributed by atoms with Gasteiger partial charge in [-0.25, -0.2) is 0 Å². The number of hydrogen-bond acceptors (Lipinski definition) is 3. The molecule has 0 aliphatic heterocycles. The Balaban J connectivity index is 2.15. The van der Waals surface area contributed by atoms with E-state index >= 15 is 0 Å². The van der Waals surface area contributed by atoms with Gasteiger partial charge in [0.2, 0.25) is 0 Å². The van der Waals surface area contributed by atoms with Gasteiger partial charge in [-0.05, 0) is 31.5 Å².